The number of esters is 2. The van der Waals surface area contributed by atoms with Gasteiger partial charge in [-0.25, -0.2) is 9.59 Å². The minimum Gasteiger partial charge on any atom is -0.478 e. The molecular formula is C13H18O7. The van der Waals surface area contributed by atoms with Gasteiger partial charge in [0.05, 0.1) is 6.10 Å². The van der Waals surface area contributed by atoms with Crippen molar-refractivity contribution >= 4 is 23.7 Å². The van der Waals surface area contributed by atoms with E-state index in [1.54, 1.807) is 13.8 Å². The summed E-state index contributed by atoms with van der Waals surface area (Å²) in [6.45, 7) is 10.7. The van der Waals surface area contributed by atoms with Crippen molar-refractivity contribution in [2.45, 2.75) is 33.3 Å². The van der Waals surface area contributed by atoms with Gasteiger partial charge in [0.2, 0.25) is 5.76 Å². The second-order valence-corrected chi connectivity index (χ2v) is 3.77. The Hall–Kier alpha value is -2.44. The lowest BCUT2D eigenvalue weighted by Crippen LogP contribution is -2.18. The second-order valence-electron chi connectivity index (χ2n) is 3.77. The second kappa shape index (κ2) is 10.5. The molecule has 0 saturated heterocycles. The summed E-state index contributed by atoms with van der Waals surface area (Å²) in [5.41, 5.74) is 0. The first-order chi connectivity index (χ1) is 9.09. The number of carbonyl (C=O) groups is 4. The molecule has 0 aromatic carbocycles. The van der Waals surface area contributed by atoms with Crippen LogP contribution in [0.2, 0.25) is 0 Å². The van der Waals surface area contributed by atoms with Gasteiger partial charge in [-0.3, -0.25) is 9.59 Å². The fourth-order valence-corrected chi connectivity index (χ4v) is 0.698. The Morgan fingerprint density at radius 1 is 1.25 bits per heavy atom. The average Bonchev–Trinajstić information content (AvgIpc) is 2.27. The van der Waals surface area contributed by atoms with E-state index in [9.17, 15) is 19.2 Å². The van der Waals surface area contributed by atoms with E-state index in [0.717, 1.165) is 6.08 Å². The van der Waals surface area contributed by atoms with Crippen LogP contribution in [0.1, 0.15) is 27.2 Å². The van der Waals surface area contributed by atoms with Gasteiger partial charge in [-0.15, -0.1) is 0 Å². The summed E-state index contributed by atoms with van der Waals surface area (Å²) in [7, 11) is 0. The molecule has 7 nitrogen and oxygen atoms in total. The van der Waals surface area contributed by atoms with Gasteiger partial charge in [-0.2, -0.15) is 0 Å². The van der Waals surface area contributed by atoms with Gasteiger partial charge in [0.1, 0.15) is 12.2 Å². The predicted molar refractivity (Wildman–Crippen MR) is 69.6 cm³/mol. The van der Waals surface area contributed by atoms with E-state index in [-0.39, 0.29) is 18.3 Å². The van der Waals surface area contributed by atoms with E-state index >= 15 is 0 Å². The number of carboxylic acids is 1. The molecule has 0 aromatic rings. The van der Waals surface area contributed by atoms with Crippen LogP contribution in [-0.4, -0.2) is 34.9 Å². The number of aliphatic carboxylic acids is 1. The number of rotatable bonds is 6. The molecule has 7 heteroatoms. The zero-order valence-corrected chi connectivity index (χ0v) is 11.7. The molecule has 0 radical (unpaired) electrons. The first-order valence-corrected chi connectivity index (χ1v) is 5.55. The van der Waals surface area contributed by atoms with Crippen molar-refractivity contribution in [2.24, 2.45) is 0 Å². The third kappa shape index (κ3) is 13.6. The highest BCUT2D eigenvalue weighted by Gasteiger charge is 2.16. The molecule has 0 heterocycles. The Morgan fingerprint density at radius 2 is 1.70 bits per heavy atom. The first-order valence-electron chi connectivity index (χ1n) is 5.55. The Balaban J connectivity index is 0. The van der Waals surface area contributed by atoms with Crippen molar-refractivity contribution < 1.29 is 33.8 Å². The van der Waals surface area contributed by atoms with E-state index < -0.39 is 23.7 Å². The highest BCUT2D eigenvalue weighted by atomic mass is 16.6. The van der Waals surface area contributed by atoms with Gasteiger partial charge in [0, 0.05) is 6.08 Å². The Bertz CT molecular complexity index is 407. The summed E-state index contributed by atoms with van der Waals surface area (Å²) >= 11 is 0. The fraction of sp³-hybridized carbons (Fsp3) is 0.385. The van der Waals surface area contributed by atoms with Crippen LogP contribution in [0.15, 0.2) is 25.0 Å². The van der Waals surface area contributed by atoms with Crippen molar-refractivity contribution in [3.63, 3.8) is 0 Å². The number of hydrogen-bond donors (Lipinski definition) is 1. The van der Waals surface area contributed by atoms with Crippen molar-refractivity contribution in [1.82, 2.24) is 0 Å². The largest absolute Gasteiger partial charge is 0.478 e. The van der Waals surface area contributed by atoms with Crippen LogP contribution >= 0.6 is 0 Å². The Kier molecular flexibility index (Phi) is 10.4. The number of carboxylic acid groups (broad SMARTS) is 1. The zero-order chi connectivity index (χ0) is 16.3. The van der Waals surface area contributed by atoms with E-state index in [0.29, 0.717) is 0 Å². The van der Waals surface area contributed by atoms with Crippen molar-refractivity contribution in [1.29, 1.82) is 0 Å². The van der Waals surface area contributed by atoms with Crippen molar-refractivity contribution in [2.75, 3.05) is 0 Å². The minimum absolute atomic E-state index is 0.319. The first kappa shape index (κ1) is 19.9. The standard InChI is InChI=1S/C10H14O5.C3H4O2/c1-6(2)14-10(13)8(4)15-9(12)5-7(3)11;1-2-3(4)5/h6H,4-5H2,1-3H3;2H,1H2,(H,4,5). The van der Waals surface area contributed by atoms with Crippen LogP contribution < -0.4 is 0 Å². The third-order valence-corrected chi connectivity index (χ3v) is 1.38. The van der Waals surface area contributed by atoms with Gasteiger partial charge in [0.15, 0.2) is 0 Å². The fourth-order valence-electron chi connectivity index (χ4n) is 0.698. The van der Waals surface area contributed by atoms with Gasteiger partial charge < -0.3 is 14.6 Å². The lowest BCUT2D eigenvalue weighted by Gasteiger charge is -2.09. The number of Topliss-reactive ketones (excluding diaryl/α,β-unsaturated/α-hetero) is 1. The van der Waals surface area contributed by atoms with Gasteiger partial charge in [-0.05, 0) is 27.4 Å². The highest BCUT2D eigenvalue weighted by molar-refractivity contribution is 5.96. The SMILES string of the molecule is C=C(OC(=O)CC(C)=O)C(=O)OC(C)C.C=CC(=O)O. The lowest BCUT2D eigenvalue weighted by atomic mass is 10.3. The molecule has 0 aromatic heterocycles. The van der Waals surface area contributed by atoms with E-state index in [2.05, 4.69) is 17.9 Å². The Labute approximate surface area is 116 Å². The monoisotopic (exact) mass is 286 g/mol. The molecule has 0 aliphatic carbocycles. The van der Waals surface area contributed by atoms with E-state index in [1.165, 1.54) is 6.92 Å². The van der Waals surface area contributed by atoms with Gasteiger partial charge >= 0.3 is 17.9 Å². The van der Waals surface area contributed by atoms with Crippen molar-refractivity contribution in [3.05, 3.63) is 25.0 Å². The Morgan fingerprint density at radius 3 is 2.00 bits per heavy atom. The van der Waals surface area contributed by atoms with Crippen LogP contribution in [0.25, 0.3) is 0 Å². The smallest absolute Gasteiger partial charge is 0.373 e. The molecule has 20 heavy (non-hydrogen) atoms. The molecule has 112 valence electrons. The van der Waals surface area contributed by atoms with E-state index in [1.807, 2.05) is 0 Å². The molecule has 0 atom stereocenters. The minimum atomic E-state index is -0.981. The number of carbonyl (C=O) groups excluding carboxylic acids is 3. The molecule has 0 amide bonds. The summed E-state index contributed by atoms with van der Waals surface area (Å²) in [5, 5.41) is 7.60. The van der Waals surface area contributed by atoms with Crippen molar-refractivity contribution in [3.8, 4) is 0 Å². The molecule has 0 aliphatic rings. The zero-order valence-electron chi connectivity index (χ0n) is 11.7. The molecular weight excluding hydrogens is 268 g/mol. The maximum absolute atomic E-state index is 11.1. The molecule has 0 unspecified atom stereocenters. The maximum atomic E-state index is 11.1. The van der Waals surface area contributed by atoms with Crippen LogP contribution in [0.5, 0.6) is 0 Å². The average molecular weight is 286 g/mol. The van der Waals surface area contributed by atoms with E-state index in [4.69, 9.17) is 9.84 Å². The maximum Gasteiger partial charge on any atom is 0.373 e. The normalized spacial score (nSPS) is 8.80. The van der Waals surface area contributed by atoms with Gasteiger partial charge in [-0.1, -0.05) is 6.58 Å². The van der Waals surface area contributed by atoms with Crippen LogP contribution in [0, 0.1) is 0 Å². The van der Waals surface area contributed by atoms with Crippen LogP contribution in [-0.2, 0) is 28.7 Å². The number of hydrogen-bond acceptors (Lipinski definition) is 6. The highest BCUT2D eigenvalue weighted by Crippen LogP contribution is 2.02. The summed E-state index contributed by atoms with van der Waals surface area (Å²) in [5.74, 6) is -3.35. The predicted octanol–water partition coefficient (Wildman–Crippen LogP) is 1.23. The number of ketones is 1. The quantitative estimate of drug-likeness (QED) is 0.338. The van der Waals surface area contributed by atoms with Gasteiger partial charge in [0.25, 0.3) is 0 Å². The van der Waals surface area contributed by atoms with Crippen LogP contribution in [0.4, 0.5) is 0 Å². The molecule has 0 fully saturated rings. The molecule has 0 spiro atoms. The third-order valence-electron chi connectivity index (χ3n) is 1.38. The summed E-state index contributed by atoms with van der Waals surface area (Å²) in [6.07, 6.45) is 0.134. The lowest BCUT2D eigenvalue weighted by molar-refractivity contribution is -0.154. The van der Waals surface area contributed by atoms with Crippen LogP contribution in [0.3, 0.4) is 0 Å². The summed E-state index contributed by atoms with van der Waals surface area (Å²) < 4.78 is 9.21. The number of ether oxygens (including phenoxy) is 2. The molecule has 1 N–H and O–H groups in total. The molecule has 0 rings (SSSR count). The summed E-state index contributed by atoms with van der Waals surface area (Å²) in [4.78, 5) is 41.8. The molecule has 0 bridgehead atoms. The molecule has 0 saturated carbocycles. The molecule has 0 aliphatic heterocycles. The topological polar surface area (TPSA) is 107 Å². The summed E-state index contributed by atoms with van der Waals surface area (Å²) in [6, 6.07) is 0.